The number of aryl methyl sites for hydroxylation is 8. The van der Waals surface area contributed by atoms with Crippen LogP contribution in [0.25, 0.3) is 43.1 Å². The van der Waals surface area contributed by atoms with Gasteiger partial charge in [0.15, 0.2) is 0 Å². The van der Waals surface area contributed by atoms with Gasteiger partial charge in [-0.2, -0.15) is 0 Å². The smallest absolute Gasteiger partial charge is 0.262 e. The molecule has 2 saturated heterocycles. The molecule has 11 aromatic rings. The predicted molar refractivity (Wildman–Crippen MR) is 400 cm³/mol. The van der Waals surface area contributed by atoms with Crippen LogP contribution in [0.5, 0.6) is 57.5 Å². The van der Waals surface area contributed by atoms with E-state index in [-0.39, 0.29) is 68.2 Å². The number of hydrogen-bond acceptors (Lipinski definition) is 14. The Labute approximate surface area is 602 Å². The van der Waals surface area contributed by atoms with Crippen molar-refractivity contribution in [3.63, 3.8) is 0 Å². The number of benzene rings is 11. The lowest BCUT2D eigenvalue weighted by Gasteiger charge is -2.38. The normalized spacial score (nSPS) is 15.9. The van der Waals surface area contributed by atoms with Crippen molar-refractivity contribution >= 4 is 89.9 Å². The van der Waals surface area contributed by atoms with Gasteiger partial charge in [-0.3, -0.25) is 38.6 Å². The summed E-state index contributed by atoms with van der Waals surface area (Å²) in [6, 6.07) is 40.9. The summed E-state index contributed by atoms with van der Waals surface area (Å²) in [5.74, 6) is -2.17. The number of fused-ring (bicyclic) bond motifs is 2. The molecule has 18 heteroatoms. The summed E-state index contributed by atoms with van der Waals surface area (Å²) in [5.41, 5.74) is 8.11. The van der Waals surface area contributed by atoms with Crippen molar-refractivity contribution in [3.8, 4) is 57.5 Å². The minimum Gasteiger partial charge on any atom is -0.491 e. The molecule has 4 unspecified atom stereocenters. The lowest BCUT2D eigenvalue weighted by atomic mass is 9.80. The SMILES string of the molecule is Cc1cc(C)cc(Oc2cc3c4c(cc(Oc5cc(C)cc(C)c5)c5c6c(Oc7cc(C)cc(C)c7)cc7c8c(cc(Oc9cc(C)cc(C)c9)c(c2c45)c86)C(=O)N(C(C(=O)N(C)c2ccc(OCC4CO4)cc2)C(C)C)C7=O)C(=O)N(C(C(=O)N(C)c2ccc(OCC4CO4)cc2)C(C)C)C3=O)c1. The molecular weight excluding hydrogens is 1310 g/mol. The molecule has 104 heavy (non-hydrogen) atoms. The summed E-state index contributed by atoms with van der Waals surface area (Å²) >= 11 is 0. The quantitative estimate of drug-likeness (QED) is 0.0269. The summed E-state index contributed by atoms with van der Waals surface area (Å²) < 4.78 is 52.0. The molecule has 6 amide bonds. The number of likely N-dealkylation sites (N-methyl/N-ethyl adjacent to an activating group) is 2. The molecule has 18 nitrogen and oxygen atoms in total. The van der Waals surface area contributed by atoms with Crippen molar-refractivity contribution in [1.82, 2.24) is 9.80 Å². The summed E-state index contributed by atoms with van der Waals surface area (Å²) in [6.45, 7) is 24.8. The van der Waals surface area contributed by atoms with E-state index >= 15 is 28.8 Å². The first kappa shape index (κ1) is 68.4. The van der Waals surface area contributed by atoms with E-state index in [1.165, 1.54) is 9.80 Å². The van der Waals surface area contributed by atoms with Gasteiger partial charge < -0.3 is 47.7 Å². The highest BCUT2D eigenvalue weighted by atomic mass is 16.6. The first-order valence-electron chi connectivity index (χ1n) is 35.2. The van der Waals surface area contributed by atoms with Gasteiger partial charge in [-0.25, -0.2) is 0 Å². The zero-order valence-electron chi connectivity index (χ0n) is 60.7. The summed E-state index contributed by atoms with van der Waals surface area (Å²) in [6.07, 6.45) is 0.0641. The third kappa shape index (κ3) is 12.6. The summed E-state index contributed by atoms with van der Waals surface area (Å²) in [7, 11) is 3.23. The Morgan fingerprint density at radius 3 is 0.827 bits per heavy atom. The molecule has 2 fully saturated rings. The van der Waals surface area contributed by atoms with Gasteiger partial charge in [-0.05, 0) is 233 Å². The number of epoxide rings is 2. The highest BCUT2D eigenvalue weighted by Crippen LogP contribution is 2.58. The van der Waals surface area contributed by atoms with Gasteiger partial charge in [-0.15, -0.1) is 0 Å². The van der Waals surface area contributed by atoms with Crippen LogP contribution < -0.4 is 38.2 Å². The molecule has 4 aliphatic rings. The molecule has 4 atom stereocenters. The second kappa shape index (κ2) is 26.5. The zero-order valence-corrected chi connectivity index (χ0v) is 60.7. The zero-order chi connectivity index (χ0) is 73.2. The standard InChI is InChI=1S/C86H80N4O14/c1-43(2)79(85(95)87(13)53-15-19-55(20-16-53)97-39-61-41-99-61)89-81(91)63-35-67(101-57-27-45(5)23-46(6)28-57)73-75-69(103-59-31-49(9)25-50(10)32-59)37-65-72-66(84(94)90(83(65)93)80(44(3)4)86(96)88(14)54-17-21-56(22-18-54)98-40-62-42-100-62)38-70(104-60-33-51(11)26-52(12)34-60)76(78(72)75)74-68(36-64(82(89)92)71(63)77(73)74)102-58-29-47(7)24-48(8)30-58/h15-38,43-44,61-62,79-80H,39-42H2,1-14H3. The van der Waals surface area contributed by atoms with Gasteiger partial charge in [0.2, 0.25) is 11.8 Å². The van der Waals surface area contributed by atoms with E-state index in [9.17, 15) is 0 Å². The molecule has 0 saturated carbocycles. The van der Waals surface area contributed by atoms with E-state index in [0.717, 1.165) is 54.3 Å². The summed E-state index contributed by atoms with van der Waals surface area (Å²) in [5, 5.41) is 2.31. The second-order valence-corrected chi connectivity index (χ2v) is 29.0. The Balaban J connectivity index is 1.04. The number of nitrogens with zero attached hydrogens (tertiary/aromatic N) is 4. The first-order valence-corrected chi connectivity index (χ1v) is 35.2. The molecule has 4 aliphatic heterocycles. The van der Waals surface area contributed by atoms with Crippen molar-refractivity contribution in [3.05, 3.63) is 212 Å². The molecule has 0 spiro atoms. The van der Waals surface area contributed by atoms with Crippen LogP contribution in [0, 0.1) is 67.2 Å². The molecular formula is C86H80N4O14. The molecule has 15 rings (SSSR count). The van der Waals surface area contributed by atoms with Gasteiger partial charge in [0.05, 0.1) is 35.5 Å². The largest absolute Gasteiger partial charge is 0.491 e. The van der Waals surface area contributed by atoms with Crippen LogP contribution in [-0.4, -0.2) is 110 Å². The molecule has 4 heterocycles. The van der Waals surface area contributed by atoms with Gasteiger partial charge in [0, 0.05) is 68.6 Å². The highest BCUT2D eigenvalue weighted by molar-refractivity contribution is 6.45. The minimum absolute atomic E-state index is 0.0321. The number of rotatable bonds is 22. The van der Waals surface area contributed by atoms with Crippen LogP contribution in [0.3, 0.4) is 0 Å². The van der Waals surface area contributed by atoms with E-state index in [1.54, 1.807) is 115 Å². The number of anilines is 2. The maximum Gasteiger partial charge on any atom is 0.262 e. The number of amides is 6. The van der Waals surface area contributed by atoms with Gasteiger partial charge in [0.1, 0.15) is 95.0 Å². The Morgan fingerprint density at radius 2 is 0.606 bits per heavy atom. The Morgan fingerprint density at radius 1 is 0.365 bits per heavy atom. The summed E-state index contributed by atoms with van der Waals surface area (Å²) in [4.78, 5) is 102. The van der Waals surface area contributed by atoms with E-state index in [2.05, 4.69) is 0 Å². The van der Waals surface area contributed by atoms with Crippen LogP contribution in [0.15, 0.2) is 146 Å². The predicted octanol–water partition coefficient (Wildman–Crippen LogP) is 17.5. The number of ether oxygens (including phenoxy) is 8. The fourth-order valence-electron chi connectivity index (χ4n) is 15.1. The third-order valence-corrected chi connectivity index (χ3v) is 19.8. The number of carbonyl (C=O) groups is 6. The van der Waals surface area contributed by atoms with E-state index in [4.69, 9.17) is 37.9 Å². The highest BCUT2D eigenvalue weighted by Gasteiger charge is 2.48. The van der Waals surface area contributed by atoms with E-state index in [0.29, 0.717) is 105 Å². The number of imide groups is 2. The lowest BCUT2D eigenvalue weighted by Crippen LogP contribution is -2.56. The van der Waals surface area contributed by atoms with Crippen LogP contribution in [0.4, 0.5) is 11.4 Å². The van der Waals surface area contributed by atoms with Crippen LogP contribution in [-0.2, 0) is 19.1 Å². The van der Waals surface area contributed by atoms with Crippen molar-refractivity contribution in [1.29, 1.82) is 0 Å². The van der Waals surface area contributed by atoms with Crippen molar-refractivity contribution in [2.24, 2.45) is 11.8 Å². The van der Waals surface area contributed by atoms with E-state index in [1.807, 2.05) is 128 Å². The molecule has 0 N–H and O–H groups in total. The third-order valence-electron chi connectivity index (χ3n) is 19.8. The van der Waals surface area contributed by atoms with Crippen molar-refractivity contribution < 1.29 is 66.7 Å². The fourth-order valence-corrected chi connectivity index (χ4v) is 15.1. The van der Waals surface area contributed by atoms with Gasteiger partial charge in [-0.1, -0.05) is 52.0 Å². The Bertz CT molecular complexity index is 4770. The topological polar surface area (TPSA) is 196 Å². The molecule has 0 radical (unpaired) electrons. The Hall–Kier alpha value is -11.3. The van der Waals surface area contributed by atoms with Crippen molar-refractivity contribution in [2.75, 3.05) is 50.3 Å². The molecule has 528 valence electrons. The molecule has 0 aliphatic carbocycles. The van der Waals surface area contributed by atoms with Crippen LogP contribution in [0.1, 0.15) is 114 Å². The first-order chi connectivity index (χ1) is 49.7. The van der Waals surface area contributed by atoms with Crippen molar-refractivity contribution in [2.45, 2.75) is 107 Å². The van der Waals surface area contributed by atoms with E-state index < -0.39 is 59.4 Å². The molecule has 0 aromatic heterocycles. The molecule has 0 bridgehead atoms. The maximum absolute atomic E-state index is 16.5. The van der Waals surface area contributed by atoms with Gasteiger partial charge in [0.25, 0.3) is 23.6 Å². The fraction of sp³-hybridized carbons (Fsp3) is 0.279. The second-order valence-electron chi connectivity index (χ2n) is 29.0. The monoisotopic (exact) mass is 1390 g/mol. The maximum atomic E-state index is 16.5. The minimum atomic E-state index is -1.36. The molecule has 11 aromatic carbocycles. The lowest BCUT2D eigenvalue weighted by molar-refractivity contribution is -0.124. The average molecular weight is 1390 g/mol. The Kier molecular flexibility index (Phi) is 17.4. The van der Waals surface area contributed by atoms with Crippen LogP contribution >= 0.6 is 0 Å². The van der Waals surface area contributed by atoms with Crippen LogP contribution in [0.2, 0.25) is 0 Å². The van der Waals surface area contributed by atoms with Gasteiger partial charge >= 0.3 is 0 Å². The number of carbonyl (C=O) groups excluding carboxylic acids is 6. The average Bonchev–Trinajstić information content (AvgIpc) is 0.865. The number of hydrogen-bond donors (Lipinski definition) is 0.